The Morgan fingerprint density at radius 3 is 2.39 bits per heavy atom. The van der Waals surface area contributed by atoms with Crippen molar-refractivity contribution in [2.75, 3.05) is 33.3 Å². The molecule has 0 saturated carbocycles. The molecule has 3 nitrogen and oxygen atoms in total. The van der Waals surface area contributed by atoms with Gasteiger partial charge in [0, 0.05) is 5.54 Å². The van der Waals surface area contributed by atoms with Crippen molar-refractivity contribution in [3.05, 3.63) is 0 Å². The summed E-state index contributed by atoms with van der Waals surface area (Å²) >= 11 is 0. The van der Waals surface area contributed by atoms with Crippen LogP contribution in [0.3, 0.4) is 0 Å². The fourth-order valence-electron chi connectivity index (χ4n) is 2.65. The van der Waals surface area contributed by atoms with Gasteiger partial charge in [0.2, 0.25) is 0 Å². The maximum Gasteiger partial charge on any atom is 0.0610 e. The summed E-state index contributed by atoms with van der Waals surface area (Å²) < 4.78 is 0. The second-order valence-electron chi connectivity index (χ2n) is 6.58. The highest BCUT2D eigenvalue weighted by atomic mass is 16.3. The molecule has 0 aromatic heterocycles. The molecule has 0 spiro atoms. The molecule has 0 aromatic carbocycles. The Balaban J connectivity index is 2.22. The lowest BCUT2D eigenvalue weighted by molar-refractivity contribution is 0.107. The van der Waals surface area contributed by atoms with E-state index in [0.717, 1.165) is 6.42 Å². The molecule has 1 aliphatic heterocycles. The summed E-state index contributed by atoms with van der Waals surface area (Å²) in [6.07, 6.45) is 6.20. The van der Waals surface area contributed by atoms with Gasteiger partial charge in [0.05, 0.1) is 6.61 Å². The lowest BCUT2D eigenvalue weighted by Gasteiger charge is -2.39. The van der Waals surface area contributed by atoms with Crippen LogP contribution in [0, 0.1) is 5.41 Å². The van der Waals surface area contributed by atoms with Crippen molar-refractivity contribution < 1.29 is 5.11 Å². The number of nitrogens with zero attached hydrogens (tertiary/aromatic N) is 1. The minimum atomic E-state index is -0.103. The van der Waals surface area contributed by atoms with E-state index >= 15 is 0 Å². The highest BCUT2D eigenvalue weighted by Crippen LogP contribution is 2.33. The topological polar surface area (TPSA) is 35.5 Å². The van der Waals surface area contributed by atoms with Crippen molar-refractivity contribution in [1.29, 1.82) is 0 Å². The predicted octanol–water partition coefficient (Wildman–Crippen LogP) is 2.25. The monoisotopic (exact) mass is 256 g/mol. The van der Waals surface area contributed by atoms with Crippen LogP contribution in [0.4, 0.5) is 0 Å². The molecule has 18 heavy (non-hydrogen) atoms. The average Bonchev–Trinajstić information content (AvgIpc) is 2.41. The van der Waals surface area contributed by atoms with Crippen molar-refractivity contribution in [3.8, 4) is 0 Å². The number of aliphatic hydroxyl groups is 1. The van der Waals surface area contributed by atoms with Crippen molar-refractivity contribution >= 4 is 0 Å². The van der Waals surface area contributed by atoms with E-state index in [1.165, 1.54) is 45.3 Å². The molecule has 108 valence electrons. The summed E-state index contributed by atoms with van der Waals surface area (Å²) in [4.78, 5) is 2.59. The van der Waals surface area contributed by atoms with E-state index < -0.39 is 0 Å². The van der Waals surface area contributed by atoms with Gasteiger partial charge in [0.1, 0.15) is 0 Å². The van der Waals surface area contributed by atoms with Crippen molar-refractivity contribution in [3.63, 3.8) is 0 Å². The smallest absolute Gasteiger partial charge is 0.0610 e. The maximum absolute atomic E-state index is 9.35. The van der Waals surface area contributed by atoms with Gasteiger partial charge in [-0.25, -0.2) is 0 Å². The average molecular weight is 256 g/mol. The van der Waals surface area contributed by atoms with Crippen LogP contribution in [-0.4, -0.2) is 48.8 Å². The van der Waals surface area contributed by atoms with Crippen molar-refractivity contribution in [1.82, 2.24) is 10.2 Å². The predicted molar refractivity (Wildman–Crippen MR) is 77.9 cm³/mol. The summed E-state index contributed by atoms with van der Waals surface area (Å²) in [5.74, 6) is 0. The number of aliphatic hydroxyl groups excluding tert-OH is 1. The van der Waals surface area contributed by atoms with Gasteiger partial charge in [0.15, 0.2) is 0 Å². The molecule has 0 aliphatic carbocycles. The normalized spacial score (nSPS) is 23.8. The lowest BCUT2D eigenvalue weighted by Crippen LogP contribution is -2.44. The van der Waals surface area contributed by atoms with Crippen LogP contribution in [0.25, 0.3) is 0 Å². The molecule has 0 aromatic rings. The molecule has 1 fully saturated rings. The standard InChI is InChI=1S/C15H32N2O/c1-5-14(2)8-11-17(12-9-14)10-6-7-15(3,13-18)16-4/h16,18H,5-13H2,1-4H3. The van der Waals surface area contributed by atoms with Crippen LogP contribution >= 0.6 is 0 Å². The molecule has 1 saturated heterocycles. The van der Waals surface area contributed by atoms with E-state index in [9.17, 15) is 5.11 Å². The van der Waals surface area contributed by atoms with E-state index in [4.69, 9.17) is 0 Å². The molecular weight excluding hydrogens is 224 g/mol. The second kappa shape index (κ2) is 6.88. The SMILES string of the molecule is CCC1(C)CCN(CCCC(C)(CO)NC)CC1. The lowest BCUT2D eigenvalue weighted by atomic mass is 9.78. The Labute approximate surface area is 113 Å². The largest absolute Gasteiger partial charge is 0.394 e. The summed E-state index contributed by atoms with van der Waals surface area (Å²) in [5, 5.41) is 12.6. The molecular formula is C15H32N2O. The number of hydrogen-bond donors (Lipinski definition) is 2. The molecule has 0 amide bonds. The first-order chi connectivity index (χ1) is 8.47. The Hall–Kier alpha value is -0.120. The summed E-state index contributed by atoms with van der Waals surface area (Å²) in [7, 11) is 1.93. The Morgan fingerprint density at radius 1 is 1.33 bits per heavy atom. The van der Waals surface area contributed by atoms with E-state index in [2.05, 4.69) is 31.0 Å². The number of piperidine rings is 1. The van der Waals surface area contributed by atoms with E-state index in [1.54, 1.807) is 0 Å². The number of rotatable bonds is 7. The third-order valence-corrected chi connectivity index (χ3v) is 5.07. The Kier molecular flexibility index (Phi) is 6.09. The third-order valence-electron chi connectivity index (χ3n) is 5.07. The zero-order chi connectivity index (χ0) is 13.6. The first kappa shape index (κ1) is 15.9. The maximum atomic E-state index is 9.35. The summed E-state index contributed by atoms with van der Waals surface area (Å²) in [6.45, 7) is 10.7. The van der Waals surface area contributed by atoms with Gasteiger partial charge in [-0.15, -0.1) is 0 Å². The van der Waals surface area contributed by atoms with Crippen LogP contribution in [0.15, 0.2) is 0 Å². The summed E-state index contributed by atoms with van der Waals surface area (Å²) in [5.41, 5.74) is 0.481. The molecule has 2 N–H and O–H groups in total. The van der Waals surface area contributed by atoms with Gasteiger partial charge in [-0.1, -0.05) is 20.3 Å². The zero-order valence-electron chi connectivity index (χ0n) is 12.8. The van der Waals surface area contributed by atoms with E-state index in [1.807, 2.05) is 7.05 Å². The van der Waals surface area contributed by atoms with Crippen LogP contribution in [-0.2, 0) is 0 Å². The van der Waals surface area contributed by atoms with Crippen LogP contribution in [0.1, 0.15) is 52.9 Å². The fraction of sp³-hybridized carbons (Fsp3) is 1.00. The van der Waals surface area contributed by atoms with Gasteiger partial charge >= 0.3 is 0 Å². The van der Waals surface area contributed by atoms with Gasteiger partial charge < -0.3 is 15.3 Å². The molecule has 1 aliphatic rings. The number of nitrogens with one attached hydrogen (secondary N) is 1. The quantitative estimate of drug-likeness (QED) is 0.733. The number of likely N-dealkylation sites (tertiary alicyclic amines) is 1. The fourth-order valence-corrected chi connectivity index (χ4v) is 2.65. The molecule has 3 heteroatoms. The van der Waals surface area contributed by atoms with E-state index in [0.29, 0.717) is 5.41 Å². The Bertz CT molecular complexity index is 231. The van der Waals surface area contributed by atoms with Crippen LogP contribution in [0.5, 0.6) is 0 Å². The minimum absolute atomic E-state index is 0.103. The van der Waals surface area contributed by atoms with E-state index in [-0.39, 0.29) is 12.1 Å². The van der Waals surface area contributed by atoms with Gasteiger partial charge in [-0.2, -0.15) is 0 Å². The van der Waals surface area contributed by atoms with Gasteiger partial charge in [-0.3, -0.25) is 0 Å². The molecule has 1 rings (SSSR count). The number of likely N-dealkylation sites (N-methyl/N-ethyl adjacent to an activating group) is 1. The number of hydrogen-bond acceptors (Lipinski definition) is 3. The van der Waals surface area contributed by atoms with Crippen LogP contribution < -0.4 is 5.32 Å². The zero-order valence-corrected chi connectivity index (χ0v) is 12.8. The van der Waals surface area contributed by atoms with Gasteiger partial charge in [0.25, 0.3) is 0 Å². The highest BCUT2D eigenvalue weighted by molar-refractivity contribution is 4.83. The molecule has 0 radical (unpaired) electrons. The molecule has 0 bridgehead atoms. The molecule has 1 heterocycles. The van der Waals surface area contributed by atoms with Crippen molar-refractivity contribution in [2.24, 2.45) is 5.41 Å². The van der Waals surface area contributed by atoms with Gasteiger partial charge in [-0.05, 0) is 64.7 Å². The van der Waals surface area contributed by atoms with Crippen molar-refractivity contribution in [2.45, 2.75) is 58.4 Å². The first-order valence-electron chi connectivity index (χ1n) is 7.49. The first-order valence-corrected chi connectivity index (χ1v) is 7.49. The third kappa shape index (κ3) is 4.52. The highest BCUT2D eigenvalue weighted by Gasteiger charge is 2.28. The van der Waals surface area contributed by atoms with Crippen LogP contribution in [0.2, 0.25) is 0 Å². The summed E-state index contributed by atoms with van der Waals surface area (Å²) in [6, 6.07) is 0. The molecule has 1 atom stereocenters. The second-order valence-corrected chi connectivity index (χ2v) is 6.58. The molecule has 1 unspecified atom stereocenters. The Morgan fingerprint density at radius 2 is 1.94 bits per heavy atom. The minimum Gasteiger partial charge on any atom is -0.394 e.